The molecule has 4 nitrogen and oxygen atoms in total. The average Bonchev–Trinajstić information content (AvgIpc) is 2.62. The van der Waals surface area contributed by atoms with Gasteiger partial charge in [0.2, 0.25) is 0 Å². The first kappa shape index (κ1) is 10.3. The van der Waals surface area contributed by atoms with Crippen LogP contribution in [0.3, 0.4) is 0 Å². The lowest BCUT2D eigenvalue weighted by Gasteiger charge is -2.23. The first-order chi connectivity index (χ1) is 5.82. The fourth-order valence-electron chi connectivity index (χ4n) is 1.96. The molecule has 76 valence electrons. The lowest BCUT2D eigenvalue weighted by molar-refractivity contribution is 0.0694. The van der Waals surface area contributed by atoms with Crippen LogP contribution in [0.4, 0.5) is 4.79 Å². The summed E-state index contributed by atoms with van der Waals surface area (Å²) in [4.78, 5) is 10.6. The summed E-state index contributed by atoms with van der Waals surface area (Å²) >= 11 is 0. The van der Waals surface area contributed by atoms with Gasteiger partial charge < -0.3 is 16.2 Å². The van der Waals surface area contributed by atoms with Crippen molar-refractivity contribution in [3.8, 4) is 0 Å². The van der Waals surface area contributed by atoms with Crippen molar-refractivity contribution < 1.29 is 9.53 Å². The standard InChI is InChI=1S/C9H18N2O2/c1-8(2,3)6-4-9(6,5-10)13-7(11)12/h6H,4-5,10H2,1-3H3,(H2,11,12)/t6-,9-/m1/s1. The molecule has 0 bridgehead atoms. The monoisotopic (exact) mass is 186 g/mol. The van der Waals surface area contributed by atoms with Gasteiger partial charge in [-0.25, -0.2) is 4.79 Å². The maximum Gasteiger partial charge on any atom is 0.405 e. The second-order valence-electron chi connectivity index (χ2n) is 4.81. The van der Waals surface area contributed by atoms with Crippen molar-refractivity contribution in [2.45, 2.75) is 32.8 Å². The highest BCUT2D eigenvalue weighted by Crippen LogP contribution is 2.55. The summed E-state index contributed by atoms with van der Waals surface area (Å²) in [6.45, 7) is 6.69. The zero-order chi connectivity index (χ0) is 10.3. The molecule has 0 aromatic heterocycles. The molecule has 0 radical (unpaired) electrons. The lowest BCUT2D eigenvalue weighted by Crippen LogP contribution is -2.35. The Bertz CT molecular complexity index is 222. The highest BCUT2D eigenvalue weighted by molar-refractivity contribution is 5.65. The van der Waals surface area contributed by atoms with Crippen molar-refractivity contribution in [3.63, 3.8) is 0 Å². The van der Waals surface area contributed by atoms with E-state index in [-0.39, 0.29) is 5.41 Å². The zero-order valence-corrected chi connectivity index (χ0v) is 8.46. The van der Waals surface area contributed by atoms with Crippen LogP contribution in [-0.2, 0) is 4.74 Å². The van der Waals surface area contributed by atoms with Gasteiger partial charge in [-0.2, -0.15) is 0 Å². The van der Waals surface area contributed by atoms with Crippen molar-refractivity contribution in [1.82, 2.24) is 0 Å². The van der Waals surface area contributed by atoms with Gasteiger partial charge >= 0.3 is 6.09 Å². The number of hydrogen-bond donors (Lipinski definition) is 2. The first-order valence-corrected chi connectivity index (χ1v) is 4.50. The van der Waals surface area contributed by atoms with Crippen LogP contribution >= 0.6 is 0 Å². The van der Waals surface area contributed by atoms with Crippen LogP contribution < -0.4 is 11.5 Å². The van der Waals surface area contributed by atoms with Gasteiger partial charge in [0, 0.05) is 12.5 Å². The van der Waals surface area contributed by atoms with E-state index in [1.165, 1.54) is 0 Å². The number of hydrogen-bond acceptors (Lipinski definition) is 3. The third-order valence-corrected chi connectivity index (χ3v) is 2.72. The van der Waals surface area contributed by atoms with Crippen molar-refractivity contribution in [1.29, 1.82) is 0 Å². The Morgan fingerprint density at radius 1 is 1.62 bits per heavy atom. The predicted octanol–water partition coefficient (Wildman–Crippen LogP) is 0.845. The van der Waals surface area contributed by atoms with E-state index >= 15 is 0 Å². The van der Waals surface area contributed by atoms with E-state index in [0.717, 1.165) is 6.42 Å². The SMILES string of the molecule is CC(C)(C)[C@H]1C[C@]1(CN)OC(N)=O. The van der Waals surface area contributed by atoms with Gasteiger partial charge in [-0.1, -0.05) is 20.8 Å². The third-order valence-electron chi connectivity index (χ3n) is 2.72. The van der Waals surface area contributed by atoms with Crippen LogP contribution in [0, 0.1) is 11.3 Å². The predicted molar refractivity (Wildman–Crippen MR) is 50.0 cm³/mol. The van der Waals surface area contributed by atoms with Gasteiger partial charge in [0.05, 0.1) is 0 Å². The van der Waals surface area contributed by atoms with E-state index in [9.17, 15) is 4.79 Å². The molecule has 1 rings (SSSR count). The van der Waals surface area contributed by atoms with E-state index in [0.29, 0.717) is 12.5 Å². The Hall–Kier alpha value is -0.770. The van der Waals surface area contributed by atoms with E-state index in [4.69, 9.17) is 16.2 Å². The molecule has 1 fully saturated rings. The minimum absolute atomic E-state index is 0.120. The summed E-state index contributed by atoms with van der Waals surface area (Å²) < 4.78 is 5.05. The topological polar surface area (TPSA) is 78.3 Å². The Morgan fingerprint density at radius 3 is 2.38 bits per heavy atom. The van der Waals surface area contributed by atoms with Crippen molar-refractivity contribution in [2.24, 2.45) is 22.8 Å². The molecule has 1 amide bonds. The van der Waals surface area contributed by atoms with E-state index in [1.807, 2.05) is 0 Å². The summed E-state index contributed by atoms with van der Waals surface area (Å²) in [6.07, 6.45) is 0.104. The van der Waals surface area contributed by atoms with Crippen LogP contribution in [-0.4, -0.2) is 18.2 Å². The smallest absolute Gasteiger partial charge is 0.405 e. The lowest BCUT2D eigenvalue weighted by atomic mass is 9.88. The van der Waals surface area contributed by atoms with E-state index in [1.54, 1.807) is 0 Å². The number of primary amides is 1. The molecule has 13 heavy (non-hydrogen) atoms. The molecule has 4 N–H and O–H groups in total. The second kappa shape index (κ2) is 2.87. The third kappa shape index (κ3) is 1.94. The Labute approximate surface area is 78.6 Å². The van der Waals surface area contributed by atoms with E-state index in [2.05, 4.69) is 20.8 Å². The normalized spacial score (nSPS) is 32.8. The number of carbonyl (C=O) groups excluding carboxylic acids is 1. The van der Waals surface area contributed by atoms with Crippen LogP contribution in [0.25, 0.3) is 0 Å². The summed E-state index contributed by atoms with van der Waals surface area (Å²) in [6, 6.07) is 0. The highest BCUT2D eigenvalue weighted by Gasteiger charge is 2.61. The molecule has 1 aliphatic carbocycles. The Morgan fingerprint density at radius 2 is 2.15 bits per heavy atom. The molecule has 0 heterocycles. The zero-order valence-electron chi connectivity index (χ0n) is 8.46. The quantitative estimate of drug-likeness (QED) is 0.671. The molecule has 0 unspecified atom stereocenters. The van der Waals surface area contributed by atoms with Gasteiger partial charge in [0.25, 0.3) is 0 Å². The van der Waals surface area contributed by atoms with Gasteiger partial charge in [0.15, 0.2) is 0 Å². The van der Waals surface area contributed by atoms with Crippen molar-refractivity contribution in [3.05, 3.63) is 0 Å². The minimum Gasteiger partial charge on any atom is -0.441 e. The second-order valence-corrected chi connectivity index (χ2v) is 4.81. The molecule has 4 heteroatoms. The van der Waals surface area contributed by atoms with E-state index < -0.39 is 11.7 Å². The van der Waals surface area contributed by atoms with Crippen LogP contribution in [0.2, 0.25) is 0 Å². The van der Waals surface area contributed by atoms with Crippen LogP contribution in [0.15, 0.2) is 0 Å². The molecule has 0 aromatic carbocycles. The molecule has 2 atom stereocenters. The van der Waals surface area contributed by atoms with Crippen LogP contribution in [0.5, 0.6) is 0 Å². The highest BCUT2D eigenvalue weighted by atomic mass is 16.6. The molecule has 1 saturated carbocycles. The molecule has 0 aromatic rings. The Kier molecular flexibility index (Phi) is 2.28. The van der Waals surface area contributed by atoms with Crippen molar-refractivity contribution >= 4 is 6.09 Å². The van der Waals surface area contributed by atoms with Crippen LogP contribution in [0.1, 0.15) is 27.2 Å². The average molecular weight is 186 g/mol. The molecule has 0 spiro atoms. The summed E-state index contributed by atoms with van der Waals surface area (Å²) in [5.41, 5.74) is 10.2. The summed E-state index contributed by atoms with van der Waals surface area (Å²) in [5.74, 6) is 0.331. The summed E-state index contributed by atoms with van der Waals surface area (Å²) in [5, 5.41) is 0. The minimum atomic E-state index is -0.725. The van der Waals surface area contributed by atoms with Crippen molar-refractivity contribution in [2.75, 3.05) is 6.54 Å². The largest absolute Gasteiger partial charge is 0.441 e. The van der Waals surface area contributed by atoms with Gasteiger partial charge in [-0.05, 0) is 11.8 Å². The molecule has 1 aliphatic rings. The number of ether oxygens (including phenoxy) is 1. The molecule has 0 saturated heterocycles. The van der Waals surface area contributed by atoms with Gasteiger partial charge in [-0.3, -0.25) is 0 Å². The molecular weight excluding hydrogens is 168 g/mol. The molecular formula is C9H18N2O2. The fraction of sp³-hybridized carbons (Fsp3) is 0.889. The Balaban J connectivity index is 2.64. The number of rotatable bonds is 2. The fourth-order valence-corrected chi connectivity index (χ4v) is 1.96. The maximum atomic E-state index is 10.6. The van der Waals surface area contributed by atoms with Gasteiger partial charge in [-0.15, -0.1) is 0 Å². The number of amides is 1. The maximum absolute atomic E-state index is 10.6. The summed E-state index contributed by atoms with van der Waals surface area (Å²) in [7, 11) is 0. The first-order valence-electron chi connectivity index (χ1n) is 4.50. The molecule has 0 aliphatic heterocycles. The van der Waals surface area contributed by atoms with Gasteiger partial charge in [0.1, 0.15) is 5.60 Å². The number of nitrogens with two attached hydrogens (primary N) is 2. The number of carbonyl (C=O) groups is 1.